The number of carbonyl (C=O) groups excluding carboxylic acids is 2. The van der Waals surface area contributed by atoms with E-state index in [1.807, 2.05) is 49.9 Å². The van der Waals surface area contributed by atoms with Crippen molar-refractivity contribution < 1.29 is 9.59 Å². The quantitative estimate of drug-likeness (QED) is 0.878. The van der Waals surface area contributed by atoms with E-state index in [1.54, 1.807) is 0 Å². The topological polar surface area (TPSA) is 65.5 Å². The summed E-state index contributed by atoms with van der Waals surface area (Å²) in [4.78, 5) is 33.6. The van der Waals surface area contributed by atoms with E-state index in [4.69, 9.17) is 0 Å². The van der Waals surface area contributed by atoms with E-state index in [9.17, 15) is 9.59 Å². The Balaban J connectivity index is 1.69. The van der Waals surface area contributed by atoms with Crippen LogP contribution in [0, 0.1) is 13.8 Å². The number of nitrogens with zero attached hydrogens (tertiary/aromatic N) is 3. The van der Waals surface area contributed by atoms with Crippen LogP contribution in [0.4, 0.5) is 0 Å². The molecule has 0 aliphatic carbocycles. The second kappa shape index (κ2) is 8.48. The number of hydrogen-bond acceptors (Lipinski definition) is 4. The lowest BCUT2D eigenvalue weighted by molar-refractivity contribution is -0.122. The zero-order valence-electron chi connectivity index (χ0n) is 16.4. The van der Waals surface area contributed by atoms with Gasteiger partial charge in [-0.1, -0.05) is 18.6 Å². The van der Waals surface area contributed by atoms with Crippen LogP contribution in [-0.2, 0) is 4.79 Å². The van der Waals surface area contributed by atoms with Crippen LogP contribution < -0.4 is 5.32 Å². The van der Waals surface area contributed by atoms with Gasteiger partial charge in [0.15, 0.2) is 0 Å². The van der Waals surface area contributed by atoms with Crippen LogP contribution in [0.2, 0.25) is 0 Å². The molecule has 2 amide bonds. The van der Waals surface area contributed by atoms with Crippen LogP contribution in [0.25, 0.3) is 10.9 Å². The Bertz CT molecular complexity index is 841. The molecule has 1 aliphatic heterocycles. The maximum absolute atomic E-state index is 13.1. The van der Waals surface area contributed by atoms with Crippen molar-refractivity contribution in [1.29, 1.82) is 0 Å². The summed E-state index contributed by atoms with van der Waals surface area (Å²) in [6, 6.07) is 7.91. The molecule has 3 rings (SSSR count). The van der Waals surface area contributed by atoms with Crippen LogP contribution in [0.1, 0.15) is 35.0 Å². The van der Waals surface area contributed by atoms with Gasteiger partial charge in [0.25, 0.3) is 5.91 Å². The molecular weight excluding hydrogens is 340 g/mol. The molecular formula is C21H28N4O2. The number of rotatable bonds is 5. The molecule has 1 fully saturated rings. The maximum atomic E-state index is 13.1. The summed E-state index contributed by atoms with van der Waals surface area (Å²) in [6.45, 7) is 9.79. The Morgan fingerprint density at radius 1 is 1.11 bits per heavy atom. The van der Waals surface area contributed by atoms with E-state index >= 15 is 0 Å². The molecule has 0 bridgehead atoms. The van der Waals surface area contributed by atoms with Gasteiger partial charge in [-0.2, -0.15) is 0 Å². The second-order valence-corrected chi connectivity index (χ2v) is 7.25. The van der Waals surface area contributed by atoms with Crippen molar-refractivity contribution in [2.45, 2.75) is 27.2 Å². The van der Waals surface area contributed by atoms with E-state index in [0.29, 0.717) is 39.3 Å². The Morgan fingerprint density at radius 3 is 2.56 bits per heavy atom. The molecule has 1 saturated heterocycles. The van der Waals surface area contributed by atoms with Gasteiger partial charge in [0.1, 0.15) is 0 Å². The van der Waals surface area contributed by atoms with Crippen molar-refractivity contribution in [1.82, 2.24) is 20.1 Å². The third-order valence-corrected chi connectivity index (χ3v) is 4.92. The molecule has 6 heteroatoms. The number of aromatic nitrogens is 1. The van der Waals surface area contributed by atoms with E-state index in [1.165, 1.54) is 0 Å². The first-order valence-corrected chi connectivity index (χ1v) is 9.64. The summed E-state index contributed by atoms with van der Waals surface area (Å²) in [5.74, 6) is 0.106. The third-order valence-electron chi connectivity index (χ3n) is 4.92. The molecule has 0 saturated carbocycles. The monoisotopic (exact) mass is 368 g/mol. The van der Waals surface area contributed by atoms with E-state index in [0.717, 1.165) is 34.1 Å². The zero-order valence-corrected chi connectivity index (χ0v) is 16.4. The number of hydrogen-bond donors (Lipinski definition) is 1. The van der Waals surface area contributed by atoms with Crippen molar-refractivity contribution in [3.05, 3.63) is 41.1 Å². The lowest BCUT2D eigenvalue weighted by Crippen LogP contribution is -2.51. The molecule has 0 atom stereocenters. The fourth-order valence-corrected chi connectivity index (χ4v) is 3.45. The minimum Gasteiger partial charge on any atom is -0.355 e. The average molecular weight is 368 g/mol. The fourth-order valence-electron chi connectivity index (χ4n) is 3.45. The average Bonchev–Trinajstić information content (AvgIpc) is 2.66. The van der Waals surface area contributed by atoms with Crippen LogP contribution in [0.3, 0.4) is 0 Å². The van der Waals surface area contributed by atoms with E-state index in [2.05, 4.69) is 15.2 Å². The molecule has 6 nitrogen and oxygen atoms in total. The van der Waals surface area contributed by atoms with Gasteiger partial charge >= 0.3 is 0 Å². The molecule has 27 heavy (non-hydrogen) atoms. The number of fused-ring (bicyclic) bond motifs is 1. The Morgan fingerprint density at radius 2 is 1.85 bits per heavy atom. The summed E-state index contributed by atoms with van der Waals surface area (Å²) in [5, 5.41) is 3.81. The fraction of sp³-hybridized carbons (Fsp3) is 0.476. The molecule has 2 heterocycles. The molecule has 1 N–H and O–H groups in total. The second-order valence-electron chi connectivity index (χ2n) is 7.25. The number of aryl methyl sites for hydroxylation is 2. The summed E-state index contributed by atoms with van der Waals surface area (Å²) < 4.78 is 0. The zero-order chi connectivity index (χ0) is 19.4. The normalized spacial score (nSPS) is 15.1. The number of nitrogens with one attached hydrogen (secondary N) is 1. The minimum atomic E-state index is 0.0474. The highest BCUT2D eigenvalue weighted by Gasteiger charge is 2.24. The van der Waals surface area contributed by atoms with Crippen molar-refractivity contribution in [2.24, 2.45) is 0 Å². The Hall–Kier alpha value is -2.47. The highest BCUT2D eigenvalue weighted by atomic mass is 16.2. The smallest absolute Gasteiger partial charge is 0.254 e. The predicted octanol–water partition coefficient (Wildman–Crippen LogP) is 2.14. The number of amides is 2. The molecule has 1 aliphatic rings. The SMILES string of the molecule is CCCNC(=O)CN1CCN(C(=O)c2cc(C)nc3ccc(C)cc23)CC1. The predicted molar refractivity (Wildman–Crippen MR) is 107 cm³/mol. The lowest BCUT2D eigenvalue weighted by atomic mass is 10.0. The van der Waals surface area contributed by atoms with Gasteiger partial charge in [-0.15, -0.1) is 0 Å². The van der Waals surface area contributed by atoms with Crippen molar-refractivity contribution in [3.63, 3.8) is 0 Å². The molecule has 1 aromatic carbocycles. The summed E-state index contributed by atoms with van der Waals surface area (Å²) in [5.41, 5.74) is 3.54. The molecule has 0 unspecified atom stereocenters. The summed E-state index contributed by atoms with van der Waals surface area (Å²) in [6.07, 6.45) is 0.937. The largest absolute Gasteiger partial charge is 0.355 e. The molecule has 0 radical (unpaired) electrons. The van der Waals surface area contributed by atoms with Crippen LogP contribution >= 0.6 is 0 Å². The standard InChI is InChI=1S/C21H28N4O2/c1-4-7-22-20(26)14-24-8-10-25(11-9-24)21(27)18-13-16(3)23-19-6-5-15(2)12-17(18)19/h5-6,12-13H,4,7-11,14H2,1-3H3,(H,22,26). The number of benzene rings is 1. The van der Waals surface area contributed by atoms with Gasteiger partial charge in [0.05, 0.1) is 17.6 Å². The third kappa shape index (κ3) is 4.63. The Kier molecular flexibility index (Phi) is 6.06. The number of piperazine rings is 1. The minimum absolute atomic E-state index is 0.0474. The van der Waals surface area contributed by atoms with Crippen molar-refractivity contribution in [3.8, 4) is 0 Å². The highest BCUT2D eigenvalue weighted by Crippen LogP contribution is 2.22. The Labute approximate surface area is 160 Å². The van der Waals surface area contributed by atoms with Crippen molar-refractivity contribution >= 4 is 22.7 Å². The van der Waals surface area contributed by atoms with Crippen LogP contribution in [-0.4, -0.2) is 65.9 Å². The van der Waals surface area contributed by atoms with Gasteiger partial charge in [0, 0.05) is 43.8 Å². The number of pyridine rings is 1. The van der Waals surface area contributed by atoms with Gasteiger partial charge in [0.2, 0.25) is 5.91 Å². The first kappa shape index (κ1) is 19.3. The van der Waals surface area contributed by atoms with Crippen LogP contribution in [0.15, 0.2) is 24.3 Å². The summed E-state index contributed by atoms with van der Waals surface area (Å²) in [7, 11) is 0. The van der Waals surface area contributed by atoms with Gasteiger partial charge < -0.3 is 10.2 Å². The molecule has 0 spiro atoms. The molecule has 144 valence electrons. The van der Waals surface area contributed by atoms with Gasteiger partial charge in [-0.3, -0.25) is 19.5 Å². The van der Waals surface area contributed by atoms with Crippen molar-refractivity contribution in [2.75, 3.05) is 39.3 Å². The highest BCUT2D eigenvalue weighted by molar-refractivity contribution is 6.06. The van der Waals surface area contributed by atoms with Gasteiger partial charge in [-0.05, 0) is 38.5 Å². The van der Waals surface area contributed by atoms with E-state index < -0.39 is 0 Å². The van der Waals surface area contributed by atoms with Gasteiger partial charge in [-0.25, -0.2) is 0 Å². The first-order valence-electron chi connectivity index (χ1n) is 9.64. The maximum Gasteiger partial charge on any atom is 0.254 e. The summed E-state index contributed by atoms with van der Waals surface area (Å²) >= 11 is 0. The molecule has 1 aromatic heterocycles. The lowest BCUT2D eigenvalue weighted by Gasteiger charge is -2.34. The van der Waals surface area contributed by atoms with E-state index in [-0.39, 0.29) is 11.8 Å². The van der Waals surface area contributed by atoms with Crippen LogP contribution in [0.5, 0.6) is 0 Å². The molecule has 2 aromatic rings. The number of carbonyl (C=O) groups is 2. The first-order chi connectivity index (χ1) is 13.0.